The molecule has 3 unspecified atom stereocenters. The molecule has 1 amide bonds. The van der Waals surface area contributed by atoms with Gasteiger partial charge >= 0.3 is 0 Å². The summed E-state index contributed by atoms with van der Waals surface area (Å²) in [6, 6.07) is 10.4. The molecule has 2 saturated heterocycles. The van der Waals surface area contributed by atoms with Crippen molar-refractivity contribution in [2.45, 2.75) is 44.2 Å². The number of nitrogens with two attached hydrogens (primary N) is 1. The summed E-state index contributed by atoms with van der Waals surface area (Å²) >= 11 is 0. The number of carbonyl (C=O) groups excluding carboxylic acids is 1. The van der Waals surface area contributed by atoms with Gasteiger partial charge in [0, 0.05) is 31.7 Å². The Hall–Kier alpha value is -1.39. The third kappa shape index (κ3) is 3.18. The Morgan fingerprint density at radius 2 is 1.95 bits per heavy atom. The molecule has 1 aromatic rings. The smallest absolute Gasteiger partial charge is 0.240 e. The summed E-state index contributed by atoms with van der Waals surface area (Å²) in [6.07, 6.45) is 2.82. The van der Waals surface area contributed by atoms with Gasteiger partial charge < -0.3 is 15.4 Å². The van der Waals surface area contributed by atoms with E-state index < -0.39 is 0 Å². The predicted molar refractivity (Wildman–Crippen MR) is 86.5 cm³/mol. The molecule has 2 aliphatic heterocycles. The van der Waals surface area contributed by atoms with Crippen molar-refractivity contribution in [3.63, 3.8) is 0 Å². The van der Waals surface area contributed by atoms with Crippen LogP contribution in [0.25, 0.3) is 0 Å². The van der Waals surface area contributed by atoms with Crippen LogP contribution in [0.3, 0.4) is 0 Å². The molecule has 2 heterocycles. The Bertz CT molecular complexity index is 499. The highest BCUT2D eigenvalue weighted by Gasteiger charge is 2.37. The molecule has 0 radical (unpaired) electrons. The third-order valence-corrected chi connectivity index (χ3v) is 5.19. The zero-order valence-corrected chi connectivity index (χ0v) is 13.3. The van der Waals surface area contributed by atoms with Gasteiger partial charge in [-0.3, -0.25) is 4.79 Å². The first-order chi connectivity index (χ1) is 10.7. The average molecular weight is 302 g/mol. The van der Waals surface area contributed by atoms with E-state index in [9.17, 15) is 4.79 Å². The Morgan fingerprint density at radius 1 is 1.27 bits per heavy atom. The van der Waals surface area contributed by atoms with Gasteiger partial charge in [0.2, 0.25) is 5.91 Å². The van der Waals surface area contributed by atoms with E-state index in [1.807, 2.05) is 11.0 Å². The highest BCUT2D eigenvalue weighted by molar-refractivity contribution is 5.82. The average Bonchev–Trinajstić information content (AvgIpc) is 2.97. The third-order valence-electron chi connectivity index (χ3n) is 5.19. The summed E-state index contributed by atoms with van der Waals surface area (Å²) in [5.74, 6) is 0.823. The van der Waals surface area contributed by atoms with Crippen LogP contribution in [0.4, 0.5) is 0 Å². The van der Waals surface area contributed by atoms with Crippen molar-refractivity contribution in [1.29, 1.82) is 0 Å². The van der Waals surface area contributed by atoms with Gasteiger partial charge in [0.15, 0.2) is 0 Å². The lowest BCUT2D eigenvalue weighted by molar-refractivity contribution is -0.135. The van der Waals surface area contributed by atoms with E-state index in [0.29, 0.717) is 5.92 Å². The molecule has 22 heavy (non-hydrogen) atoms. The maximum absolute atomic E-state index is 12.8. The number of rotatable bonds is 3. The fourth-order valence-electron chi connectivity index (χ4n) is 3.77. The highest BCUT2D eigenvalue weighted by Crippen LogP contribution is 2.32. The van der Waals surface area contributed by atoms with Gasteiger partial charge in [0.1, 0.15) is 0 Å². The summed E-state index contributed by atoms with van der Waals surface area (Å²) in [4.78, 5) is 14.8. The second-order valence-corrected chi connectivity index (χ2v) is 6.66. The molecule has 0 aromatic heterocycles. The Labute approximate surface area is 132 Å². The van der Waals surface area contributed by atoms with Crippen LogP contribution in [-0.4, -0.2) is 42.6 Å². The van der Waals surface area contributed by atoms with Crippen molar-refractivity contribution in [1.82, 2.24) is 4.90 Å². The molecule has 1 aromatic carbocycles. The van der Waals surface area contributed by atoms with Crippen LogP contribution in [0.5, 0.6) is 0 Å². The topological polar surface area (TPSA) is 55.6 Å². The number of ether oxygens (including phenoxy) is 1. The first kappa shape index (κ1) is 15.5. The first-order valence-corrected chi connectivity index (χ1v) is 8.35. The molecule has 3 atom stereocenters. The quantitative estimate of drug-likeness (QED) is 0.931. The fourth-order valence-corrected chi connectivity index (χ4v) is 3.77. The first-order valence-electron chi connectivity index (χ1n) is 8.35. The Kier molecular flexibility index (Phi) is 4.79. The minimum atomic E-state index is -0.374. The second kappa shape index (κ2) is 6.80. The number of benzene rings is 1. The summed E-state index contributed by atoms with van der Waals surface area (Å²) in [5.41, 5.74) is 7.59. The van der Waals surface area contributed by atoms with E-state index >= 15 is 0 Å². The van der Waals surface area contributed by atoms with Crippen LogP contribution in [0, 0.1) is 5.92 Å². The fraction of sp³-hybridized carbons (Fsp3) is 0.611. The Morgan fingerprint density at radius 3 is 2.64 bits per heavy atom. The van der Waals surface area contributed by atoms with Crippen LogP contribution in [0.2, 0.25) is 0 Å². The van der Waals surface area contributed by atoms with Crippen LogP contribution in [0.15, 0.2) is 30.3 Å². The van der Waals surface area contributed by atoms with Crippen molar-refractivity contribution in [2.24, 2.45) is 11.7 Å². The molecule has 0 spiro atoms. The molecule has 120 valence electrons. The highest BCUT2D eigenvalue weighted by atomic mass is 16.5. The maximum Gasteiger partial charge on any atom is 0.240 e. The van der Waals surface area contributed by atoms with Crippen molar-refractivity contribution < 1.29 is 9.53 Å². The van der Waals surface area contributed by atoms with Gasteiger partial charge in [-0.25, -0.2) is 0 Å². The van der Waals surface area contributed by atoms with Gasteiger partial charge in [-0.05, 0) is 37.7 Å². The van der Waals surface area contributed by atoms with Crippen molar-refractivity contribution in [2.75, 3.05) is 19.8 Å². The van der Waals surface area contributed by atoms with E-state index in [0.717, 1.165) is 39.0 Å². The molecule has 2 fully saturated rings. The van der Waals surface area contributed by atoms with E-state index in [1.165, 1.54) is 5.56 Å². The summed E-state index contributed by atoms with van der Waals surface area (Å²) in [6.45, 7) is 4.39. The lowest BCUT2D eigenvalue weighted by Crippen LogP contribution is -2.50. The molecule has 0 aliphatic carbocycles. The number of carbonyl (C=O) groups is 1. The van der Waals surface area contributed by atoms with Crippen molar-refractivity contribution >= 4 is 5.91 Å². The van der Waals surface area contributed by atoms with Gasteiger partial charge in [0.05, 0.1) is 6.04 Å². The summed E-state index contributed by atoms with van der Waals surface area (Å²) < 4.78 is 5.37. The zero-order valence-electron chi connectivity index (χ0n) is 13.3. The molecule has 0 bridgehead atoms. The normalized spacial score (nSPS) is 27.8. The van der Waals surface area contributed by atoms with E-state index in [1.54, 1.807) is 0 Å². The summed E-state index contributed by atoms with van der Waals surface area (Å²) in [7, 11) is 0. The van der Waals surface area contributed by atoms with Crippen LogP contribution < -0.4 is 5.73 Å². The van der Waals surface area contributed by atoms with Gasteiger partial charge in [-0.1, -0.05) is 30.3 Å². The molecule has 2 aliphatic rings. The maximum atomic E-state index is 12.8. The number of nitrogens with zero attached hydrogens (tertiary/aromatic N) is 1. The number of amides is 1. The minimum absolute atomic E-state index is 0.123. The van der Waals surface area contributed by atoms with Gasteiger partial charge in [0.25, 0.3) is 0 Å². The molecule has 3 rings (SSSR count). The SMILES string of the molecule is CC1CC(c2ccccc2)CN1C(=O)C(N)C1CCOCC1. The molecular weight excluding hydrogens is 276 g/mol. The lowest BCUT2D eigenvalue weighted by Gasteiger charge is -2.31. The standard InChI is InChI=1S/C18H26N2O2/c1-13-11-16(14-5-3-2-4-6-14)12-20(13)18(21)17(19)15-7-9-22-10-8-15/h2-6,13,15-17H,7-12,19H2,1H3. The molecule has 2 N–H and O–H groups in total. The predicted octanol–water partition coefficient (Wildman–Crippen LogP) is 2.14. The van der Waals surface area contributed by atoms with E-state index in [2.05, 4.69) is 31.2 Å². The largest absolute Gasteiger partial charge is 0.381 e. The van der Waals surface area contributed by atoms with Gasteiger partial charge in [-0.2, -0.15) is 0 Å². The molecular formula is C18H26N2O2. The van der Waals surface area contributed by atoms with Crippen molar-refractivity contribution in [3.05, 3.63) is 35.9 Å². The van der Waals surface area contributed by atoms with Crippen LogP contribution >= 0.6 is 0 Å². The number of hydrogen-bond donors (Lipinski definition) is 1. The number of likely N-dealkylation sites (tertiary alicyclic amines) is 1. The van der Waals surface area contributed by atoms with E-state index in [-0.39, 0.29) is 23.9 Å². The molecule has 4 heteroatoms. The van der Waals surface area contributed by atoms with Gasteiger partial charge in [-0.15, -0.1) is 0 Å². The molecule has 4 nitrogen and oxygen atoms in total. The van der Waals surface area contributed by atoms with Crippen LogP contribution in [-0.2, 0) is 9.53 Å². The van der Waals surface area contributed by atoms with Crippen LogP contribution in [0.1, 0.15) is 37.7 Å². The lowest BCUT2D eigenvalue weighted by atomic mass is 9.91. The molecule has 0 saturated carbocycles. The second-order valence-electron chi connectivity index (χ2n) is 6.66. The van der Waals surface area contributed by atoms with E-state index in [4.69, 9.17) is 10.5 Å². The van der Waals surface area contributed by atoms with Crippen molar-refractivity contribution in [3.8, 4) is 0 Å². The monoisotopic (exact) mass is 302 g/mol. The zero-order chi connectivity index (χ0) is 15.5. The summed E-state index contributed by atoms with van der Waals surface area (Å²) in [5, 5.41) is 0. The number of hydrogen-bond acceptors (Lipinski definition) is 3. The minimum Gasteiger partial charge on any atom is -0.381 e. The Balaban J connectivity index is 1.65.